The Morgan fingerprint density at radius 1 is 1.41 bits per heavy atom. The van der Waals surface area contributed by atoms with Crippen LogP contribution < -0.4 is 5.32 Å². The van der Waals surface area contributed by atoms with E-state index in [4.69, 9.17) is 16.3 Å². The zero-order valence-corrected chi connectivity index (χ0v) is 14.3. The molecule has 6 heteroatoms. The van der Waals surface area contributed by atoms with Crippen LogP contribution in [0.1, 0.15) is 30.6 Å². The third-order valence-corrected chi connectivity index (χ3v) is 5.96. The predicted octanol–water partition coefficient (Wildman–Crippen LogP) is 3.55. The van der Waals surface area contributed by atoms with Crippen molar-refractivity contribution in [1.82, 2.24) is 10.2 Å². The topological polar surface area (TPSA) is 41.6 Å². The number of hydrogen-bond donors (Lipinski definition) is 1. The summed E-state index contributed by atoms with van der Waals surface area (Å²) in [5.74, 6) is 0. The molecule has 2 fully saturated rings. The lowest BCUT2D eigenvalue weighted by Gasteiger charge is -2.22. The van der Waals surface area contributed by atoms with Crippen molar-refractivity contribution in [3.8, 4) is 0 Å². The lowest BCUT2D eigenvalue weighted by atomic mass is 9.87. The summed E-state index contributed by atoms with van der Waals surface area (Å²) >= 11 is 7.55. The third kappa shape index (κ3) is 3.94. The number of aryl methyl sites for hydroxylation is 1. The molecule has 0 unspecified atom stereocenters. The van der Waals surface area contributed by atoms with Crippen molar-refractivity contribution < 1.29 is 9.53 Å². The summed E-state index contributed by atoms with van der Waals surface area (Å²) in [6.45, 7) is 4.13. The number of ether oxygens (including phenoxy) is 1. The Labute approximate surface area is 140 Å². The minimum Gasteiger partial charge on any atom is -0.381 e. The second-order valence-corrected chi connectivity index (χ2v) is 8.17. The van der Waals surface area contributed by atoms with Crippen LogP contribution in [-0.2, 0) is 11.2 Å². The maximum absolute atomic E-state index is 12.2. The first-order valence-corrected chi connectivity index (χ1v) is 9.21. The van der Waals surface area contributed by atoms with E-state index in [1.54, 1.807) is 11.3 Å². The number of thiophene rings is 1. The van der Waals surface area contributed by atoms with E-state index in [1.165, 1.54) is 4.88 Å². The molecule has 2 aliphatic rings. The number of carbonyl (C=O) groups excluding carboxylic acids is 1. The van der Waals surface area contributed by atoms with Crippen molar-refractivity contribution in [2.75, 3.05) is 32.8 Å². The molecule has 0 saturated carbocycles. The fraction of sp³-hybridized carbons (Fsp3) is 0.688. The van der Waals surface area contributed by atoms with Crippen molar-refractivity contribution in [3.63, 3.8) is 0 Å². The molecule has 0 aromatic carbocycles. The zero-order chi connectivity index (χ0) is 15.4. The maximum atomic E-state index is 12.2. The Hall–Kier alpha value is -0.780. The Bertz CT molecular complexity index is 514. The van der Waals surface area contributed by atoms with Gasteiger partial charge in [-0.1, -0.05) is 11.6 Å². The number of rotatable bonds is 5. The van der Waals surface area contributed by atoms with Crippen molar-refractivity contribution in [3.05, 3.63) is 21.3 Å². The Morgan fingerprint density at radius 2 is 2.32 bits per heavy atom. The number of urea groups is 1. The molecule has 1 N–H and O–H groups in total. The third-order valence-electron chi connectivity index (χ3n) is 4.67. The standard InChI is InChI=1S/C16H23ClN2O2S/c17-14-5-4-13(22-14)3-1-2-8-18-15(20)19-9-6-16(11-19)7-10-21-12-16/h4-5H,1-3,6-12H2,(H,18,20)/t16-/m1/s1. The molecule has 22 heavy (non-hydrogen) atoms. The van der Waals surface area contributed by atoms with Gasteiger partial charge in [-0.05, 0) is 44.2 Å². The van der Waals surface area contributed by atoms with Crippen molar-refractivity contribution in [1.29, 1.82) is 0 Å². The quantitative estimate of drug-likeness (QED) is 0.831. The van der Waals surface area contributed by atoms with E-state index in [-0.39, 0.29) is 11.4 Å². The average Bonchev–Trinajstić information content (AvgIpc) is 3.22. The number of carbonyl (C=O) groups is 1. The first kappa shape index (κ1) is 16.1. The number of halogens is 1. The SMILES string of the molecule is O=C(NCCCCc1ccc(Cl)s1)N1CC[C@@]2(CCOC2)C1. The molecule has 1 atom stereocenters. The number of nitrogens with zero attached hydrogens (tertiary/aromatic N) is 1. The van der Waals surface area contributed by atoms with Gasteiger partial charge < -0.3 is 15.0 Å². The van der Waals surface area contributed by atoms with Crippen LogP contribution in [0, 0.1) is 5.41 Å². The highest BCUT2D eigenvalue weighted by molar-refractivity contribution is 7.16. The number of unbranched alkanes of at least 4 members (excludes halogenated alkanes) is 1. The van der Waals surface area contributed by atoms with Gasteiger partial charge in [0, 0.05) is 36.5 Å². The molecule has 3 rings (SSSR count). The lowest BCUT2D eigenvalue weighted by Crippen LogP contribution is -2.40. The molecule has 1 spiro atoms. The van der Waals surface area contributed by atoms with Crippen LogP contribution >= 0.6 is 22.9 Å². The van der Waals surface area contributed by atoms with Gasteiger partial charge in [0.25, 0.3) is 0 Å². The largest absolute Gasteiger partial charge is 0.381 e. The molecular formula is C16H23ClN2O2S. The Balaban J connectivity index is 1.31. The second kappa shape index (κ2) is 7.20. The molecule has 1 aromatic heterocycles. The molecule has 4 nitrogen and oxygen atoms in total. The van der Waals surface area contributed by atoms with Gasteiger partial charge >= 0.3 is 6.03 Å². The molecule has 2 amide bonds. The first-order valence-electron chi connectivity index (χ1n) is 8.02. The van der Waals surface area contributed by atoms with Crippen LogP contribution in [0.3, 0.4) is 0 Å². The van der Waals surface area contributed by atoms with E-state index in [9.17, 15) is 4.79 Å². The van der Waals surface area contributed by atoms with Crippen molar-refractivity contribution >= 4 is 29.0 Å². The van der Waals surface area contributed by atoms with E-state index in [2.05, 4.69) is 11.4 Å². The number of hydrogen-bond acceptors (Lipinski definition) is 3. The monoisotopic (exact) mass is 342 g/mol. The van der Waals surface area contributed by atoms with Crippen LogP contribution in [-0.4, -0.2) is 43.8 Å². The highest BCUT2D eigenvalue weighted by Gasteiger charge is 2.42. The second-order valence-electron chi connectivity index (χ2n) is 6.37. The highest BCUT2D eigenvalue weighted by Crippen LogP contribution is 2.38. The fourth-order valence-corrected chi connectivity index (χ4v) is 4.43. The predicted molar refractivity (Wildman–Crippen MR) is 89.7 cm³/mol. The lowest BCUT2D eigenvalue weighted by molar-refractivity contribution is 0.152. The van der Waals surface area contributed by atoms with E-state index in [0.29, 0.717) is 0 Å². The van der Waals surface area contributed by atoms with Gasteiger partial charge in [-0.25, -0.2) is 4.79 Å². The van der Waals surface area contributed by atoms with Gasteiger partial charge in [0.05, 0.1) is 10.9 Å². The number of nitrogens with one attached hydrogen (secondary N) is 1. The zero-order valence-electron chi connectivity index (χ0n) is 12.8. The molecular weight excluding hydrogens is 320 g/mol. The Morgan fingerprint density at radius 3 is 3.05 bits per heavy atom. The molecule has 3 heterocycles. The molecule has 122 valence electrons. The van der Waals surface area contributed by atoms with Gasteiger partial charge in [0.15, 0.2) is 0 Å². The average molecular weight is 343 g/mol. The molecule has 2 aliphatic heterocycles. The van der Waals surface area contributed by atoms with E-state index >= 15 is 0 Å². The molecule has 0 aliphatic carbocycles. The summed E-state index contributed by atoms with van der Waals surface area (Å²) in [7, 11) is 0. The molecule has 1 aromatic rings. The van der Waals surface area contributed by atoms with Gasteiger partial charge in [0.1, 0.15) is 0 Å². The number of likely N-dealkylation sites (tertiary alicyclic amines) is 1. The van der Waals surface area contributed by atoms with Crippen LogP contribution in [0.4, 0.5) is 4.79 Å². The van der Waals surface area contributed by atoms with Gasteiger partial charge in [-0.3, -0.25) is 0 Å². The van der Waals surface area contributed by atoms with Crippen LogP contribution in [0.25, 0.3) is 0 Å². The minimum absolute atomic E-state index is 0.0861. The minimum atomic E-state index is 0.0861. The molecule has 2 saturated heterocycles. The van der Waals surface area contributed by atoms with E-state index in [0.717, 1.165) is 69.3 Å². The Kier molecular flexibility index (Phi) is 5.26. The molecule has 0 radical (unpaired) electrons. The first-order chi connectivity index (χ1) is 10.7. The highest BCUT2D eigenvalue weighted by atomic mass is 35.5. The van der Waals surface area contributed by atoms with Crippen LogP contribution in [0.15, 0.2) is 12.1 Å². The van der Waals surface area contributed by atoms with Crippen LogP contribution in [0.5, 0.6) is 0 Å². The smallest absolute Gasteiger partial charge is 0.317 e. The van der Waals surface area contributed by atoms with Gasteiger partial charge in [-0.15, -0.1) is 11.3 Å². The van der Waals surface area contributed by atoms with E-state index in [1.807, 2.05) is 11.0 Å². The van der Waals surface area contributed by atoms with Crippen molar-refractivity contribution in [2.24, 2.45) is 5.41 Å². The van der Waals surface area contributed by atoms with Crippen LogP contribution in [0.2, 0.25) is 4.34 Å². The summed E-state index contributed by atoms with van der Waals surface area (Å²) in [4.78, 5) is 15.5. The molecule has 0 bridgehead atoms. The normalized spacial score (nSPS) is 24.3. The fourth-order valence-electron chi connectivity index (χ4n) is 3.30. The summed E-state index contributed by atoms with van der Waals surface area (Å²) in [6, 6.07) is 4.11. The maximum Gasteiger partial charge on any atom is 0.317 e. The van der Waals surface area contributed by atoms with E-state index < -0.39 is 0 Å². The summed E-state index contributed by atoms with van der Waals surface area (Å²) < 4.78 is 6.35. The summed E-state index contributed by atoms with van der Waals surface area (Å²) in [6.07, 6.45) is 5.30. The van der Waals surface area contributed by atoms with Gasteiger partial charge in [-0.2, -0.15) is 0 Å². The van der Waals surface area contributed by atoms with Gasteiger partial charge in [0.2, 0.25) is 0 Å². The number of amides is 2. The summed E-state index contributed by atoms with van der Waals surface area (Å²) in [5.41, 5.74) is 0.246. The van der Waals surface area contributed by atoms with Crippen molar-refractivity contribution in [2.45, 2.75) is 32.1 Å². The summed E-state index contributed by atoms with van der Waals surface area (Å²) in [5, 5.41) is 3.05.